The van der Waals surface area contributed by atoms with Crippen LogP contribution in [0, 0.1) is 5.92 Å². The molecule has 4 heterocycles. The molecular formula is C55H60Cl2N8O8. The maximum absolute atomic E-state index is 13.6. The van der Waals surface area contributed by atoms with E-state index in [2.05, 4.69) is 36.1 Å². The summed E-state index contributed by atoms with van der Waals surface area (Å²) in [6, 6.07) is 21.3. The van der Waals surface area contributed by atoms with Crippen molar-refractivity contribution in [3.8, 4) is 11.5 Å². The number of rotatable bonds is 17. The molecule has 5 amide bonds. The third kappa shape index (κ3) is 9.19. The van der Waals surface area contributed by atoms with Gasteiger partial charge in [0.15, 0.2) is 17.6 Å². The van der Waals surface area contributed by atoms with Gasteiger partial charge >= 0.3 is 0 Å². The maximum atomic E-state index is 13.6. The number of phenolic OH excluding ortho intramolecular Hbond substituents is 1. The molecule has 5 atom stereocenters. The average molecular weight is 1030 g/mol. The molecule has 0 unspecified atom stereocenters. The van der Waals surface area contributed by atoms with E-state index in [4.69, 9.17) is 27.9 Å². The number of H-pyrrole nitrogens is 1. The van der Waals surface area contributed by atoms with Crippen molar-refractivity contribution in [2.45, 2.75) is 93.4 Å². The molecule has 5 aromatic rings. The number of aliphatic hydroxyl groups is 1. The molecule has 0 radical (unpaired) electrons. The summed E-state index contributed by atoms with van der Waals surface area (Å²) >= 11 is 12.3. The Bertz CT molecular complexity index is 3050. The molecular weight excluding hydrogens is 972 g/mol. The van der Waals surface area contributed by atoms with Crippen LogP contribution >= 0.6 is 23.2 Å². The molecule has 3 aliphatic carbocycles. The number of halogens is 2. The van der Waals surface area contributed by atoms with Crippen molar-refractivity contribution in [1.82, 2.24) is 30.3 Å². The fraction of sp³-hybridized carbons (Fsp3) is 0.436. The number of carbonyl (C=O) groups excluding carboxylic acids is 5. The van der Waals surface area contributed by atoms with Crippen molar-refractivity contribution in [1.29, 1.82) is 0 Å². The number of aromatic hydroxyl groups is 1. The van der Waals surface area contributed by atoms with Crippen LogP contribution in [0.25, 0.3) is 10.9 Å². The SMILES string of the molecule is CN(C(=O)Cc1ccc(Cl)c(Cl)c1)[C@H](CN1CCCC1)c1cccc(NC(=O)CNC(=O)CCC(=O)NCC(=O)Nc2cccc3c4c([nH]c23)[C@@H]2Oc3c(O)ccc5c3[C@@]23CCN(CC2CC2)[C@H](C5)[C@]3(O)C4)c1. The quantitative estimate of drug-likeness (QED) is 0.0553. The van der Waals surface area contributed by atoms with E-state index in [-0.39, 0.29) is 56.1 Å². The van der Waals surface area contributed by atoms with Gasteiger partial charge in [0.2, 0.25) is 29.5 Å². The number of carbonyl (C=O) groups is 5. The van der Waals surface area contributed by atoms with Crippen molar-refractivity contribution in [3.63, 3.8) is 0 Å². The van der Waals surface area contributed by atoms with Crippen molar-refractivity contribution in [2.75, 3.05) is 63.5 Å². The van der Waals surface area contributed by atoms with E-state index in [1.165, 1.54) is 12.8 Å². The molecule has 1 aromatic heterocycles. The van der Waals surface area contributed by atoms with Crippen molar-refractivity contribution >= 4 is 75.0 Å². The van der Waals surface area contributed by atoms with Gasteiger partial charge in [0.1, 0.15) is 0 Å². The first-order valence-corrected chi connectivity index (χ1v) is 26.2. The number of ether oxygens (including phenoxy) is 1. The monoisotopic (exact) mass is 1030 g/mol. The lowest BCUT2D eigenvalue weighted by molar-refractivity contribution is -0.173. The second-order valence-corrected chi connectivity index (χ2v) is 21.7. The first-order chi connectivity index (χ1) is 35.2. The molecule has 1 saturated carbocycles. The largest absolute Gasteiger partial charge is 0.504 e. The summed E-state index contributed by atoms with van der Waals surface area (Å²) < 4.78 is 6.74. The predicted molar refractivity (Wildman–Crippen MR) is 277 cm³/mol. The van der Waals surface area contributed by atoms with E-state index in [0.717, 1.165) is 77.9 Å². The van der Waals surface area contributed by atoms with Gasteiger partial charge < -0.3 is 51.0 Å². The van der Waals surface area contributed by atoms with Gasteiger partial charge in [-0.2, -0.15) is 0 Å². The molecule has 6 aliphatic rings. The molecule has 2 saturated heterocycles. The summed E-state index contributed by atoms with van der Waals surface area (Å²) in [5.74, 6) is -0.894. The summed E-state index contributed by atoms with van der Waals surface area (Å²) in [5, 5.41) is 36.9. The first kappa shape index (κ1) is 49.1. The number of likely N-dealkylation sites (tertiary alicyclic amines) is 2. The predicted octanol–water partition coefficient (Wildman–Crippen LogP) is 6.31. The van der Waals surface area contributed by atoms with E-state index in [1.807, 2.05) is 36.4 Å². The lowest BCUT2D eigenvalue weighted by Gasteiger charge is -2.62. The third-order valence-corrected chi connectivity index (χ3v) is 17.1. The fourth-order valence-electron chi connectivity index (χ4n) is 12.5. The molecule has 11 rings (SSSR count). The Balaban J connectivity index is 0.678. The van der Waals surface area contributed by atoms with Crippen LogP contribution in [0.5, 0.6) is 11.5 Å². The second-order valence-electron chi connectivity index (χ2n) is 20.9. The molecule has 7 N–H and O–H groups in total. The lowest BCUT2D eigenvalue weighted by Crippen LogP contribution is -2.74. The summed E-state index contributed by atoms with van der Waals surface area (Å²) in [4.78, 5) is 75.8. The average Bonchev–Trinajstić information content (AvgIpc) is 3.75. The number of hydrogen-bond donors (Lipinski definition) is 7. The molecule has 2 bridgehead atoms. The minimum atomic E-state index is -1.16. The molecule has 18 heteroatoms. The number of nitrogens with one attached hydrogen (secondary N) is 5. The normalized spacial score (nSPS) is 23.0. The summed E-state index contributed by atoms with van der Waals surface area (Å²) in [6.45, 7) is 3.60. The van der Waals surface area contributed by atoms with Crippen molar-refractivity contribution < 1.29 is 38.9 Å². The van der Waals surface area contributed by atoms with Crippen LogP contribution in [0.1, 0.15) is 90.6 Å². The fourth-order valence-corrected chi connectivity index (χ4v) is 12.8. The second kappa shape index (κ2) is 19.6. The highest BCUT2D eigenvalue weighted by molar-refractivity contribution is 6.42. The Morgan fingerprint density at radius 3 is 2.36 bits per heavy atom. The smallest absolute Gasteiger partial charge is 0.243 e. The number of piperidine rings is 1. The highest BCUT2D eigenvalue weighted by Crippen LogP contribution is 2.69. The number of benzene rings is 4. The number of anilines is 2. The first-order valence-electron chi connectivity index (χ1n) is 25.5. The summed E-state index contributed by atoms with van der Waals surface area (Å²) in [7, 11) is 1.78. The van der Waals surface area contributed by atoms with Crippen LogP contribution in [0.2, 0.25) is 10.0 Å². The van der Waals surface area contributed by atoms with E-state index < -0.39 is 40.7 Å². The highest BCUT2D eigenvalue weighted by Gasteiger charge is 2.73. The number of amides is 5. The molecule has 382 valence electrons. The number of fused-ring (bicyclic) bond motifs is 4. The Hall–Kier alpha value is -6.17. The number of likely N-dealkylation sites (N-methyl/N-ethyl adjacent to an activating group) is 1. The maximum Gasteiger partial charge on any atom is 0.243 e. The Morgan fingerprint density at radius 1 is 0.877 bits per heavy atom. The van der Waals surface area contributed by atoms with Crippen molar-refractivity contribution in [2.24, 2.45) is 5.92 Å². The van der Waals surface area contributed by atoms with Gasteiger partial charge in [0.05, 0.1) is 63.5 Å². The number of aromatic amines is 1. The number of phenols is 1. The molecule has 1 spiro atoms. The minimum Gasteiger partial charge on any atom is -0.504 e. The molecule has 3 fully saturated rings. The van der Waals surface area contributed by atoms with Crippen LogP contribution in [-0.4, -0.2) is 124 Å². The molecule has 4 aromatic carbocycles. The summed E-state index contributed by atoms with van der Waals surface area (Å²) in [6.07, 6.45) is 5.49. The topological polar surface area (TPSA) is 209 Å². The van der Waals surface area contributed by atoms with Crippen LogP contribution in [-0.2, 0) is 48.7 Å². The van der Waals surface area contributed by atoms with Gasteiger partial charge in [-0.15, -0.1) is 0 Å². The van der Waals surface area contributed by atoms with Crippen molar-refractivity contribution in [3.05, 3.63) is 116 Å². The van der Waals surface area contributed by atoms with Crippen LogP contribution in [0.3, 0.4) is 0 Å². The van der Waals surface area contributed by atoms with Gasteiger partial charge in [-0.1, -0.05) is 59.6 Å². The third-order valence-electron chi connectivity index (χ3n) is 16.3. The lowest BCUT2D eigenvalue weighted by atomic mass is 9.49. The van der Waals surface area contributed by atoms with Crippen LogP contribution < -0.4 is 26.0 Å². The van der Waals surface area contributed by atoms with E-state index in [1.54, 1.807) is 48.3 Å². The summed E-state index contributed by atoms with van der Waals surface area (Å²) in [5.41, 5.74) is 5.14. The minimum absolute atomic E-state index is 0.0648. The Morgan fingerprint density at radius 2 is 1.62 bits per heavy atom. The Kier molecular flexibility index (Phi) is 13.2. The molecule has 73 heavy (non-hydrogen) atoms. The zero-order valence-electron chi connectivity index (χ0n) is 40.7. The zero-order chi connectivity index (χ0) is 50.8. The van der Waals surface area contributed by atoms with Gasteiger partial charge in [0.25, 0.3) is 0 Å². The van der Waals surface area contributed by atoms with Gasteiger partial charge in [-0.3, -0.25) is 28.9 Å². The van der Waals surface area contributed by atoms with E-state index in [9.17, 15) is 34.2 Å². The number of para-hydroxylation sites is 1. The number of nitrogens with zero attached hydrogens (tertiary/aromatic N) is 3. The number of aromatic nitrogens is 1. The highest BCUT2D eigenvalue weighted by atomic mass is 35.5. The van der Waals surface area contributed by atoms with E-state index in [0.29, 0.717) is 64.4 Å². The standard InChI is InChI=1S/C55H60Cl2N8O8/c1-63(48(71)23-32-12-14-38(56)39(57)22-32)41(30-64-19-2-3-20-64)33-6-4-7-35(24-33)60-46(69)27-58-44(67)16-17-45(68)59-28-47(70)61-40-9-5-8-36-37-26-55(72)43-25-34-13-15-42(66)52-49(34)54(55,18-21-65(43)29-31-10-11-31)53(73-52)51(37)62-50(36)40/h4-9,12-15,22,24,31,41,43,53,62,66,72H,2-3,10-11,16-21,23,25-30H2,1H3,(H,58,67)(H,59,68)(H,60,69)(H,61,70)/t41-,43-,53+,54+,55-/m1/s1. The van der Waals surface area contributed by atoms with Gasteiger partial charge in [-0.25, -0.2) is 0 Å². The Labute approximate surface area is 433 Å². The van der Waals surface area contributed by atoms with Gasteiger partial charge in [-0.05, 0) is 123 Å². The van der Waals surface area contributed by atoms with E-state index >= 15 is 0 Å². The molecule has 16 nitrogen and oxygen atoms in total. The van der Waals surface area contributed by atoms with Crippen LogP contribution in [0.4, 0.5) is 11.4 Å². The van der Waals surface area contributed by atoms with Crippen LogP contribution in [0.15, 0.2) is 72.8 Å². The number of hydrogen-bond acceptors (Lipinski definition) is 10. The molecule has 3 aliphatic heterocycles. The zero-order valence-corrected chi connectivity index (χ0v) is 42.2. The van der Waals surface area contributed by atoms with Gasteiger partial charge in [0, 0.05) is 62.1 Å².